The van der Waals surface area contributed by atoms with Gasteiger partial charge in [-0.05, 0) is 18.2 Å². The van der Waals surface area contributed by atoms with Crippen LogP contribution in [0.15, 0.2) is 53.5 Å². The first-order chi connectivity index (χ1) is 11.0. The molecule has 0 aliphatic rings. The summed E-state index contributed by atoms with van der Waals surface area (Å²) in [6, 6.07) is 9.55. The average Bonchev–Trinajstić information content (AvgIpc) is 2.54. The average molecular weight is 315 g/mol. The second-order valence-electron chi connectivity index (χ2n) is 4.87. The number of amides is 1. The molecular formula is C16H11F2N3O2. The summed E-state index contributed by atoms with van der Waals surface area (Å²) in [5, 5.41) is 7.21. The van der Waals surface area contributed by atoms with Crippen molar-refractivity contribution in [3.8, 4) is 0 Å². The number of carbonyl (C=O) groups excluding carboxylic acids is 1. The van der Waals surface area contributed by atoms with Crippen LogP contribution in [0.25, 0.3) is 10.8 Å². The third-order valence-electron chi connectivity index (χ3n) is 3.26. The number of benzene rings is 2. The van der Waals surface area contributed by atoms with Crippen molar-refractivity contribution in [2.75, 3.05) is 5.32 Å². The Bertz CT molecular complexity index is 953. The molecule has 23 heavy (non-hydrogen) atoms. The Morgan fingerprint density at radius 3 is 2.78 bits per heavy atom. The Morgan fingerprint density at radius 2 is 1.96 bits per heavy atom. The molecule has 3 rings (SSSR count). The van der Waals surface area contributed by atoms with E-state index in [1.807, 2.05) is 0 Å². The molecule has 0 saturated heterocycles. The van der Waals surface area contributed by atoms with Gasteiger partial charge >= 0.3 is 0 Å². The van der Waals surface area contributed by atoms with Crippen molar-refractivity contribution >= 4 is 22.4 Å². The van der Waals surface area contributed by atoms with Crippen molar-refractivity contribution in [1.29, 1.82) is 0 Å². The van der Waals surface area contributed by atoms with E-state index in [1.54, 1.807) is 24.3 Å². The zero-order valence-corrected chi connectivity index (χ0v) is 11.8. The summed E-state index contributed by atoms with van der Waals surface area (Å²) >= 11 is 0. The highest BCUT2D eigenvalue weighted by Crippen LogP contribution is 2.15. The van der Waals surface area contributed by atoms with Gasteiger partial charge < -0.3 is 5.32 Å². The minimum atomic E-state index is -0.765. The summed E-state index contributed by atoms with van der Waals surface area (Å²) < 4.78 is 27.5. The maximum Gasteiger partial charge on any atom is 0.275 e. The highest BCUT2D eigenvalue weighted by Gasteiger charge is 2.11. The number of hydrogen-bond acceptors (Lipinski definition) is 3. The molecule has 0 spiro atoms. The molecule has 0 bridgehead atoms. The fraction of sp³-hybridized carbons (Fsp3) is 0.0625. The third kappa shape index (κ3) is 3.08. The standard InChI is InChI=1S/C16H11F2N3O2/c17-11-5-6-13(18)14(7-11)20-15(22)9-21-16(23)12-4-2-1-3-10(12)8-19-21/h1-8H,9H2,(H,20,22). The Balaban J connectivity index is 1.84. The van der Waals surface area contributed by atoms with Crippen LogP contribution >= 0.6 is 0 Å². The molecule has 1 aromatic heterocycles. The predicted molar refractivity (Wildman–Crippen MR) is 81.0 cm³/mol. The normalized spacial score (nSPS) is 10.7. The van der Waals surface area contributed by atoms with E-state index < -0.39 is 29.6 Å². The van der Waals surface area contributed by atoms with Crippen molar-refractivity contribution < 1.29 is 13.6 Å². The first-order valence-electron chi connectivity index (χ1n) is 6.74. The zero-order valence-electron chi connectivity index (χ0n) is 11.8. The maximum atomic E-state index is 13.5. The van der Waals surface area contributed by atoms with E-state index in [0.29, 0.717) is 10.8 Å². The summed E-state index contributed by atoms with van der Waals surface area (Å²) in [5.74, 6) is -2.12. The number of nitrogens with one attached hydrogen (secondary N) is 1. The molecule has 1 heterocycles. The van der Waals surface area contributed by atoms with E-state index >= 15 is 0 Å². The molecule has 3 aromatic rings. The van der Waals surface area contributed by atoms with Crippen LogP contribution in [0.2, 0.25) is 0 Å². The molecule has 0 atom stereocenters. The van der Waals surface area contributed by atoms with Gasteiger partial charge in [0.25, 0.3) is 5.56 Å². The lowest BCUT2D eigenvalue weighted by Gasteiger charge is -2.08. The summed E-state index contributed by atoms with van der Waals surface area (Å²) in [6.07, 6.45) is 1.47. The molecule has 2 aromatic carbocycles. The quantitative estimate of drug-likeness (QED) is 0.807. The van der Waals surface area contributed by atoms with Crippen molar-refractivity contribution in [3.05, 3.63) is 70.6 Å². The molecule has 0 radical (unpaired) electrons. The van der Waals surface area contributed by atoms with Gasteiger partial charge in [0.1, 0.15) is 18.2 Å². The zero-order chi connectivity index (χ0) is 16.4. The van der Waals surface area contributed by atoms with Crippen molar-refractivity contribution in [2.24, 2.45) is 0 Å². The molecule has 0 aliphatic heterocycles. The number of rotatable bonds is 3. The van der Waals surface area contributed by atoms with Gasteiger partial charge in [0, 0.05) is 11.5 Å². The molecule has 116 valence electrons. The van der Waals surface area contributed by atoms with Gasteiger partial charge in [-0.2, -0.15) is 5.10 Å². The van der Waals surface area contributed by atoms with Gasteiger partial charge in [-0.1, -0.05) is 18.2 Å². The van der Waals surface area contributed by atoms with Gasteiger partial charge in [-0.25, -0.2) is 13.5 Å². The van der Waals surface area contributed by atoms with Crippen LogP contribution in [0.1, 0.15) is 0 Å². The molecule has 5 nitrogen and oxygen atoms in total. The Morgan fingerprint density at radius 1 is 1.17 bits per heavy atom. The molecule has 0 aliphatic carbocycles. The van der Waals surface area contributed by atoms with Crippen LogP contribution in [0.5, 0.6) is 0 Å². The van der Waals surface area contributed by atoms with Gasteiger partial charge in [0.2, 0.25) is 5.91 Å². The van der Waals surface area contributed by atoms with E-state index in [9.17, 15) is 18.4 Å². The second kappa shape index (κ2) is 5.96. The first-order valence-corrected chi connectivity index (χ1v) is 6.74. The van der Waals surface area contributed by atoms with E-state index in [1.165, 1.54) is 6.20 Å². The minimum absolute atomic E-state index is 0.288. The van der Waals surface area contributed by atoms with Gasteiger partial charge in [-0.15, -0.1) is 0 Å². The molecule has 0 unspecified atom stereocenters. The number of halogens is 2. The lowest BCUT2D eigenvalue weighted by molar-refractivity contribution is -0.117. The maximum absolute atomic E-state index is 13.5. The summed E-state index contributed by atoms with van der Waals surface area (Å²) in [4.78, 5) is 24.2. The minimum Gasteiger partial charge on any atom is -0.322 e. The molecular weight excluding hydrogens is 304 g/mol. The highest BCUT2D eigenvalue weighted by atomic mass is 19.1. The van der Waals surface area contributed by atoms with Crippen molar-refractivity contribution in [2.45, 2.75) is 6.54 Å². The molecule has 0 saturated carbocycles. The molecule has 7 heteroatoms. The SMILES string of the molecule is O=C(Cn1ncc2ccccc2c1=O)Nc1cc(F)ccc1F. The van der Waals surface area contributed by atoms with Gasteiger partial charge in [-0.3, -0.25) is 9.59 Å². The summed E-state index contributed by atoms with van der Waals surface area (Å²) in [6.45, 7) is -0.403. The Hall–Kier alpha value is -3.09. The van der Waals surface area contributed by atoms with E-state index in [0.717, 1.165) is 22.9 Å². The lowest BCUT2D eigenvalue weighted by Crippen LogP contribution is -2.29. The first kappa shape index (κ1) is 14.8. The topological polar surface area (TPSA) is 64.0 Å². The predicted octanol–water partition coefficient (Wildman–Crippen LogP) is 2.31. The van der Waals surface area contributed by atoms with Crippen LogP contribution in [0.4, 0.5) is 14.5 Å². The van der Waals surface area contributed by atoms with Crippen LogP contribution in [0, 0.1) is 11.6 Å². The van der Waals surface area contributed by atoms with Crippen LogP contribution in [-0.2, 0) is 11.3 Å². The van der Waals surface area contributed by atoms with Gasteiger partial charge in [0.15, 0.2) is 0 Å². The smallest absolute Gasteiger partial charge is 0.275 e. The Kier molecular flexibility index (Phi) is 3.84. The molecule has 1 N–H and O–H groups in total. The van der Waals surface area contributed by atoms with Crippen LogP contribution in [0.3, 0.4) is 0 Å². The van der Waals surface area contributed by atoms with E-state index in [4.69, 9.17) is 0 Å². The van der Waals surface area contributed by atoms with Crippen molar-refractivity contribution in [3.63, 3.8) is 0 Å². The van der Waals surface area contributed by atoms with Crippen LogP contribution < -0.4 is 10.9 Å². The Labute approximate surface area is 129 Å². The fourth-order valence-corrected chi connectivity index (χ4v) is 2.16. The van der Waals surface area contributed by atoms with Crippen molar-refractivity contribution in [1.82, 2.24) is 9.78 Å². The summed E-state index contributed by atoms with van der Waals surface area (Å²) in [5.41, 5.74) is -0.721. The number of carbonyl (C=O) groups is 1. The number of aromatic nitrogens is 2. The highest BCUT2D eigenvalue weighted by molar-refractivity contribution is 5.90. The number of fused-ring (bicyclic) bond motifs is 1. The number of anilines is 1. The second-order valence-corrected chi connectivity index (χ2v) is 4.87. The van der Waals surface area contributed by atoms with Gasteiger partial charge in [0.05, 0.1) is 17.3 Å². The van der Waals surface area contributed by atoms with E-state index in [-0.39, 0.29) is 5.69 Å². The largest absolute Gasteiger partial charge is 0.322 e. The van der Waals surface area contributed by atoms with E-state index in [2.05, 4.69) is 10.4 Å². The molecule has 1 amide bonds. The number of hydrogen-bond donors (Lipinski definition) is 1. The summed E-state index contributed by atoms with van der Waals surface area (Å²) in [7, 11) is 0. The molecule has 0 fully saturated rings. The van der Waals surface area contributed by atoms with Crippen LogP contribution in [-0.4, -0.2) is 15.7 Å². The fourth-order valence-electron chi connectivity index (χ4n) is 2.16. The monoisotopic (exact) mass is 315 g/mol. The number of nitrogens with zero attached hydrogens (tertiary/aromatic N) is 2. The third-order valence-corrected chi connectivity index (χ3v) is 3.26. The lowest BCUT2D eigenvalue weighted by atomic mass is 10.2.